The van der Waals surface area contributed by atoms with Crippen molar-refractivity contribution in [1.29, 1.82) is 5.26 Å². The number of pyridine rings is 1. The second-order valence-corrected chi connectivity index (χ2v) is 8.20. The molecule has 4 rings (SSSR count). The van der Waals surface area contributed by atoms with Gasteiger partial charge in [-0.25, -0.2) is 0 Å². The monoisotopic (exact) mass is 503 g/mol. The molecule has 0 amide bonds. The van der Waals surface area contributed by atoms with Crippen molar-refractivity contribution in [2.24, 2.45) is 0 Å². The number of rotatable bonds is 11. The molecule has 0 spiro atoms. The van der Waals surface area contributed by atoms with Crippen LogP contribution in [0.15, 0.2) is 66.9 Å². The number of methoxy groups -OCH3 is 2. The van der Waals surface area contributed by atoms with Crippen molar-refractivity contribution in [2.75, 3.05) is 32.0 Å². The average Bonchev–Trinajstić information content (AvgIpc) is 2.92. The van der Waals surface area contributed by atoms with Gasteiger partial charge in [0.15, 0.2) is 23.0 Å². The largest absolute Gasteiger partial charge is 0.493 e. The first-order valence-corrected chi connectivity index (χ1v) is 12.0. The van der Waals surface area contributed by atoms with Crippen LogP contribution in [0.4, 0.5) is 11.4 Å². The molecular weight excluding hydrogens is 478 g/mol. The lowest BCUT2D eigenvalue weighted by molar-refractivity contribution is 0.289. The van der Waals surface area contributed by atoms with E-state index in [0.717, 1.165) is 23.9 Å². The highest BCUT2D eigenvalue weighted by molar-refractivity contribution is 6.17. The molecule has 0 unspecified atom stereocenters. The van der Waals surface area contributed by atoms with E-state index >= 15 is 0 Å². The van der Waals surface area contributed by atoms with Gasteiger partial charge in [-0.15, -0.1) is 11.6 Å². The third kappa shape index (κ3) is 5.73. The second-order valence-electron chi connectivity index (χ2n) is 7.83. The summed E-state index contributed by atoms with van der Waals surface area (Å²) < 4.78 is 22.8. The van der Waals surface area contributed by atoms with Crippen molar-refractivity contribution >= 4 is 33.9 Å². The zero-order valence-corrected chi connectivity index (χ0v) is 20.8. The predicted molar refractivity (Wildman–Crippen MR) is 141 cm³/mol. The molecule has 0 saturated heterocycles. The SMILES string of the molecule is COc1cc2c(Nc3ccc(Oc4ccccc4OC)cc3)c(C#N)cnc2cc1OCCCCCl. The Hall–Kier alpha value is -4.15. The van der Waals surface area contributed by atoms with Crippen LogP contribution in [0, 0.1) is 11.3 Å². The highest BCUT2D eigenvalue weighted by Gasteiger charge is 2.15. The molecule has 0 radical (unpaired) electrons. The van der Waals surface area contributed by atoms with Crippen molar-refractivity contribution in [3.8, 4) is 34.8 Å². The van der Waals surface area contributed by atoms with E-state index in [4.69, 9.17) is 30.5 Å². The normalized spacial score (nSPS) is 10.5. The summed E-state index contributed by atoms with van der Waals surface area (Å²) in [6.45, 7) is 0.527. The molecule has 184 valence electrons. The van der Waals surface area contributed by atoms with E-state index in [2.05, 4.69) is 16.4 Å². The number of halogens is 1. The summed E-state index contributed by atoms with van der Waals surface area (Å²) in [6, 6.07) is 20.8. The lowest BCUT2D eigenvalue weighted by atomic mass is 10.1. The van der Waals surface area contributed by atoms with Gasteiger partial charge in [-0.3, -0.25) is 4.98 Å². The number of nitrogens with zero attached hydrogens (tertiary/aromatic N) is 2. The third-order valence-corrected chi connectivity index (χ3v) is 5.75. The molecule has 0 aliphatic heterocycles. The fourth-order valence-corrected chi connectivity index (χ4v) is 3.84. The van der Waals surface area contributed by atoms with Crippen molar-refractivity contribution in [3.63, 3.8) is 0 Å². The minimum absolute atomic E-state index is 0.412. The highest BCUT2D eigenvalue weighted by Crippen LogP contribution is 2.38. The highest BCUT2D eigenvalue weighted by atomic mass is 35.5. The van der Waals surface area contributed by atoms with Gasteiger partial charge in [-0.2, -0.15) is 5.26 Å². The Morgan fingerprint density at radius 3 is 2.36 bits per heavy atom. The molecule has 3 aromatic carbocycles. The lowest BCUT2D eigenvalue weighted by Gasteiger charge is -2.16. The van der Waals surface area contributed by atoms with Crippen LogP contribution in [0.25, 0.3) is 10.9 Å². The van der Waals surface area contributed by atoms with Gasteiger partial charge in [-0.05, 0) is 55.3 Å². The number of para-hydroxylation sites is 2. The molecule has 0 fully saturated rings. The van der Waals surface area contributed by atoms with Gasteiger partial charge >= 0.3 is 0 Å². The van der Waals surface area contributed by atoms with Gasteiger partial charge in [0.05, 0.1) is 37.6 Å². The summed E-state index contributed by atoms with van der Waals surface area (Å²) in [5.41, 5.74) is 2.51. The topological polar surface area (TPSA) is 85.6 Å². The molecule has 1 heterocycles. The second kappa shape index (κ2) is 12.0. The number of nitrogens with one attached hydrogen (secondary N) is 1. The Balaban J connectivity index is 1.60. The average molecular weight is 504 g/mol. The van der Waals surface area contributed by atoms with Crippen LogP contribution in [-0.4, -0.2) is 31.7 Å². The van der Waals surface area contributed by atoms with Gasteiger partial charge in [0.25, 0.3) is 0 Å². The number of hydrogen-bond donors (Lipinski definition) is 1. The molecule has 1 aromatic heterocycles. The number of anilines is 2. The zero-order valence-electron chi connectivity index (χ0n) is 20.1. The van der Waals surface area contributed by atoms with Crippen LogP contribution in [0.1, 0.15) is 18.4 Å². The van der Waals surface area contributed by atoms with E-state index in [-0.39, 0.29) is 0 Å². The van der Waals surface area contributed by atoms with E-state index in [0.29, 0.717) is 58.0 Å². The predicted octanol–water partition coefficient (Wildman–Crippen LogP) is 7.06. The summed E-state index contributed by atoms with van der Waals surface area (Å²) in [7, 11) is 3.19. The first kappa shape index (κ1) is 25.0. The molecule has 36 heavy (non-hydrogen) atoms. The standard InChI is InChI=1S/C28H26ClN3O4/c1-33-24-7-3-4-8-25(24)36-21-11-9-20(10-12-21)32-28-19(17-30)18-31-23-16-27(35-14-6-5-13-29)26(34-2)15-22(23)28/h3-4,7-12,15-16,18H,5-6,13-14H2,1-2H3,(H,31,32). The summed E-state index contributed by atoms with van der Waals surface area (Å²) in [6.07, 6.45) is 3.26. The summed E-state index contributed by atoms with van der Waals surface area (Å²) in [5, 5.41) is 13.8. The van der Waals surface area contributed by atoms with Gasteiger partial charge in [-0.1, -0.05) is 12.1 Å². The maximum atomic E-state index is 9.73. The van der Waals surface area contributed by atoms with E-state index in [1.54, 1.807) is 20.4 Å². The number of fused-ring (bicyclic) bond motifs is 1. The van der Waals surface area contributed by atoms with Gasteiger partial charge in [0, 0.05) is 29.2 Å². The van der Waals surface area contributed by atoms with Gasteiger partial charge < -0.3 is 24.3 Å². The van der Waals surface area contributed by atoms with E-state index < -0.39 is 0 Å². The Bertz CT molecular complexity index is 1370. The van der Waals surface area contributed by atoms with E-state index in [9.17, 15) is 5.26 Å². The molecule has 0 aliphatic carbocycles. The number of benzene rings is 3. The van der Waals surface area contributed by atoms with Crippen LogP contribution in [0.5, 0.6) is 28.7 Å². The molecule has 4 aromatic rings. The van der Waals surface area contributed by atoms with E-state index in [1.807, 2.05) is 60.7 Å². The molecule has 0 bridgehead atoms. The van der Waals surface area contributed by atoms with Crippen molar-refractivity contribution in [3.05, 3.63) is 72.4 Å². The first-order valence-electron chi connectivity index (χ1n) is 11.4. The number of hydrogen-bond acceptors (Lipinski definition) is 7. The maximum Gasteiger partial charge on any atom is 0.169 e. The summed E-state index contributed by atoms with van der Waals surface area (Å²) in [4.78, 5) is 4.46. The van der Waals surface area contributed by atoms with Crippen LogP contribution in [0.3, 0.4) is 0 Å². The molecule has 1 N–H and O–H groups in total. The molecule has 0 aliphatic rings. The summed E-state index contributed by atoms with van der Waals surface area (Å²) >= 11 is 5.75. The van der Waals surface area contributed by atoms with Gasteiger partial charge in [0.2, 0.25) is 0 Å². The Labute approximate surface area is 215 Å². The Kier molecular flexibility index (Phi) is 8.32. The van der Waals surface area contributed by atoms with E-state index in [1.165, 1.54) is 0 Å². The number of unbranched alkanes of at least 4 members (excludes halogenated alkanes) is 1. The molecule has 7 nitrogen and oxygen atoms in total. The van der Waals surface area contributed by atoms with Crippen molar-refractivity contribution < 1.29 is 18.9 Å². The van der Waals surface area contributed by atoms with Crippen LogP contribution in [0.2, 0.25) is 0 Å². The smallest absolute Gasteiger partial charge is 0.169 e. The zero-order chi connectivity index (χ0) is 25.3. The van der Waals surface area contributed by atoms with Crippen molar-refractivity contribution in [2.45, 2.75) is 12.8 Å². The molecule has 0 saturated carbocycles. The quantitative estimate of drug-likeness (QED) is 0.173. The minimum Gasteiger partial charge on any atom is -0.493 e. The van der Waals surface area contributed by atoms with Crippen LogP contribution < -0.4 is 24.3 Å². The molecular formula is C28H26ClN3O4. The number of alkyl halides is 1. The fourth-order valence-electron chi connectivity index (χ4n) is 3.65. The third-order valence-electron chi connectivity index (χ3n) is 5.48. The first-order chi connectivity index (χ1) is 17.7. The Morgan fingerprint density at radius 2 is 1.67 bits per heavy atom. The van der Waals surface area contributed by atoms with Crippen LogP contribution in [-0.2, 0) is 0 Å². The lowest BCUT2D eigenvalue weighted by Crippen LogP contribution is -2.01. The number of nitriles is 1. The van der Waals surface area contributed by atoms with Crippen LogP contribution >= 0.6 is 11.6 Å². The molecule has 0 atom stereocenters. The molecule has 8 heteroatoms. The van der Waals surface area contributed by atoms with Gasteiger partial charge in [0.1, 0.15) is 11.8 Å². The summed E-state index contributed by atoms with van der Waals surface area (Å²) in [5.74, 6) is 3.69. The minimum atomic E-state index is 0.412. The maximum absolute atomic E-state index is 9.73. The Morgan fingerprint density at radius 1 is 0.917 bits per heavy atom. The van der Waals surface area contributed by atoms with Crippen molar-refractivity contribution in [1.82, 2.24) is 4.98 Å². The number of aromatic nitrogens is 1. The number of ether oxygens (including phenoxy) is 4. The fraction of sp³-hybridized carbons (Fsp3) is 0.214.